The topological polar surface area (TPSA) is 49.4 Å². The highest BCUT2D eigenvalue weighted by Gasteiger charge is 2.19. The summed E-state index contributed by atoms with van der Waals surface area (Å²) >= 11 is 0. The molecule has 1 N–H and O–H groups in total. The van der Waals surface area contributed by atoms with Gasteiger partial charge >= 0.3 is 0 Å². The first-order valence-corrected chi connectivity index (χ1v) is 9.86. The van der Waals surface area contributed by atoms with Crippen molar-refractivity contribution in [2.45, 2.75) is 45.4 Å². The van der Waals surface area contributed by atoms with Crippen LogP contribution in [0.3, 0.4) is 0 Å². The molecule has 0 saturated carbocycles. The molecule has 4 nitrogen and oxygen atoms in total. The van der Waals surface area contributed by atoms with E-state index in [1.807, 2.05) is 17.0 Å². The van der Waals surface area contributed by atoms with E-state index in [1.54, 1.807) is 12.1 Å². The molecule has 1 saturated heterocycles. The van der Waals surface area contributed by atoms with Gasteiger partial charge in [-0.2, -0.15) is 0 Å². The number of carbonyl (C=O) groups excluding carboxylic acids is 2. The average Bonchev–Trinajstić information content (AvgIpc) is 3.21. The average molecular weight is 364 g/mol. The number of hydrogen-bond donors (Lipinski definition) is 1. The van der Waals surface area contributed by atoms with Gasteiger partial charge in [-0.05, 0) is 68.9 Å². The maximum absolute atomic E-state index is 12.3. The van der Waals surface area contributed by atoms with Gasteiger partial charge in [0.25, 0.3) is 5.91 Å². The van der Waals surface area contributed by atoms with Crippen LogP contribution < -0.4 is 5.32 Å². The number of aryl methyl sites for hydroxylation is 2. The van der Waals surface area contributed by atoms with Crippen LogP contribution >= 0.6 is 0 Å². The van der Waals surface area contributed by atoms with Crippen LogP contribution in [0.4, 0.5) is 5.69 Å². The van der Waals surface area contributed by atoms with E-state index in [1.165, 1.54) is 11.1 Å². The predicted octanol–water partition coefficient (Wildman–Crippen LogP) is 4.58. The van der Waals surface area contributed by atoms with Gasteiger partial charge in [0.05, 0.1) is 0 Å². The lowest BCUT2D eigenvalue weighted by Gasteiger charge is -2.15. The van der Waals surface area contributed by atoms with Crippen molar-refractivity contribution in [2.75, 3.05) is 18.4 Å². The SMILES string of the molecule is Cc1ccc(CCCCC(=O)Nc2ccc(C(=O)N3CCCC3)cc2)cc1. The van der Waals surface area contributed by atoms with Crippen molar-refractivity contribution in [1.29, 1.82) is 0 Å². The van der Waals surface area contributed by atoms with Gasteiger partial charge in [-0.3, -0.25) is 9.59 Å². The largest absolute Gasteiger partial charge is 0.339 e. The Morgan fingerprint density at radius 2 is 1.59 bits per heavy atom. The van der Waals surface area contributed by atoms with E-state index in [4.69, 9.17) is 0 Å². The monoisotopic (exact) mass is 364 g/mol. The van der Waals surface area contributed by atoms with Crippen LogP contribution in [0, 0.1) is 6.92 Å². The second kappa shape index (κ2) is 9.36. The Morgan fingerprint density at radius 3 is 2.26 bits per heavy atom. The molecular weight excluding hydrogens is 336 g/mol. The Labute approximate surface area is 161 Å². The quantitative estimate of drug-likeness (QED) is 0.731. The number of anilines is 1. The minimum Gasteiger partial charge on any atom is -0.339 e. The summed E-state index contributed by atoms with van der Waals surface area (Å²) in [6.07, 6.45) is 5.56. The lowest BCUT2D eigenvalue weighted by Crippen LogP contribution is -2.27. The molecule has 0 radical (unpaired) electrons. The molecular formula is C23H28N2O2. The summed E-state index contributed by atoms with van der Waals surface area (Å²) in [5, 5.41) is 2.92. The minimum absolute atomic E-state index is 0.0255. The van der Waals surface area contributed by atoms with E-state index in [9.17, 15) is 9.59 Å². The van der Waals surface area contributed by atoms with Crippen molar-refractivity contribution in [3.63, 3.8) is 0 Å². The maximum atomic E-state index is 12.3. The van der Waals surface area contributed by atoms with Gasteiger partial charge in [0, 0.05) is 30.8 Å². The van der Waals surface area contributed by atoms with Crippen molar-refractivity contribution in [3.8, 4) is 0 Å². The van der Waals surface area contributed by atoms with Crippen LogP contribution in [0.1, 0.15) is 53.6 Å². The summed E-state index contributed by atoms with van der Waals surface area (Å²) in [5.74, 6) is 0.110. The number of likely N-dealkylation sites (tertiary alicyclic amines) is 1. The molecule has 0 atom stereocenters. The zero-order valence-electron chi connectivity index (χ0n) is 16.0. The Kier molecular flexibility index (Phi) is 6.64. The van der Waals surface area contributed by atoms with Crippen molar-refractivity contribution in [2.24, 2.45) is 0 Å². The molecule has 0 aromatic heterocycles. The lowest BCUT2D eigenvalue weighted by atomic mass is 10.1. The first-order chi connectivity index (χ1) is 13.1. The Bertz CT molecular complexity index is 760. The van der Waals surface area contributed by atoms with E-state index in [2.05, 4.69) is 36.5 Å². The Morgan fingerprint density at radius 1 is 0.926 bits per heavy atom. The molecule has 0 bridgehead atoms. The van der Waals surface area contributed by atoms with Gasteiger partial charge < -0.3 is 10.2 Å². The van der Waals surface area contributed by atoms with Crippen molar-refractivity contribution < 1.29 is 9.59 Å². The second-order valence-corrected chi connectivity index (χ2v) is 7.32. The number of nitrogens with zero attached hydrogens (tertiary/aromatic N) is 1. The summed E-state index contributed by atoms with van der Waals surface area (Å²) in [4.78, 5) is 26.3. The molecule has 3 rings (SSSR count). The molecule has 0 unspecified atom stereocenters. The Hall–Kier alpha value is -2.62. The second-order valence-electron chi connectivity index (χ2n) is 7.32. The van der Waals surface area contributed by atoms with E-state index >= 15 is 0 Å². The number of nitrogens with one attached hydrogen (secondary N) is 1. The van der Waals surface area contributed by atoms with E-state index in [0.717, 1.165) is 50.9 Å². The van der Waals surface area contributed by atoms with Crippen LogP contribution in [-0.4, -0.2) is 29.8 Å². The molecule has 4 heteroatoms. The molecule has 1 aliphatic rings. The molecule has 1 heterocycles. The first kappa shape index (κ1) is 19.2. The van der Waals surface area contributed by atoms with Crippen molar-refractivity contribution >= 4 is 17.5 Å². The number of rotatable bonds is 7. The Balaban J connectivity index is 1.39. The molecule has 2 aromatic rings. The maximum Gasteiger partial charge on any atom is 0.253 e. The van der Waals surface area contributed by atoms with Gasteiger partial charge in [-0.25, -0.2) is 0 Å². The molecule has 27 heavy (non-hydrogen) atoms. The molecule has 1 aliphatic heterocycles. The normalized spacial score (nSPS) is 13.6. The fourth-order valence-corrected chi connectivity index (χ4v) is 3.39. The van der Waals surface area contributed by atoms with Crippen LogP contribution in [-0.2, 0) is 11.2 Å². The minimum atomic E-state index is 0.0255. The first-order valence-electron chi connectivity index (χ1n) is 9.86. The van der Waals surface area contributed by atoms with Gasteiger partial charge in [0.2, 0.25) is 5.91 Å². The lowest BCUT2D eigenvalue weighted by molar-refractivity contribution is -0.116. The zero-order chi connectivity index (χ0) is 19.1. The molecule has 0 spiro atoms. The van der Waals surface area contributed by atoms with Gasteiger partial charge in [0.1, 0.15) is 0 Å². The van der Waals surface area contributed by atoms with Gasteiger partial charge in [-0.1, -0.05) is 29.8 Å². The summed E-state index contributed by atoms with van der Waals surface area (Å²) in [6, 6.07) is 15.8. The van der Waals surface area contributed by atoms with E-state index in [0.29, 0.717) is 12.0 Å². The van der Waals surface area contributed by atoms with Crippen LogP contribution in [0.25, 0.3) is 0 Å². The van der Waals surface area contributed by atoms with Crippen LogP contribution in [0.15, 0.2) is 48.5 Å². The summed E-state index contributed by atoms with van der Waals surface area (Å²) in [6.45, 7) is 3.78. The highest BCUT2D eigenvalue weighted by Crippen LogP contribution is 2.16. The number of unbranched alkanes of at least 4 members (excludes halogenated alkanes) is 1. The van der Waals surface area contributed by atoms with E-state index in [-0.39, 0.29) is 11.8 Å². The van der Waals surface area contributed by atoms with Crippen LogP contribution in [0.5, 0.6) is 0 Å². The van der Waals surface area contributed by atoms with Crippen molar-refractivity contribution in [3.05, 3.63) is 65.2 Å². The highest BCUT2D eigenvalue weighted by atomic mass is 16.2. The summed E-state index contributed by atoms with van der Waals surface area (Å²) in [5.41, 5.74) is 4.02. The van der Waals surface area contributed by atoms with Gasteiger partial charge in [-0.15, -0.1) is 0 Å². The molecule has 1 fully saturated rings. The summed E-state index contributed by atoms with van der Waals surface area (Å²) in [7, 11) is 0. The molecule has 2 amide bonds. The van der Waals surface area contributed by atoms with Crippen molar-refractivity contribution in [1.82, 2.24) is 4.90 Å². The third-order valence-corrected chi connectivity index (χ3v) is 5.05. The van der Waals surface area contributed by atoms with Gasteiger partial charge in [0.15, 0.2) is 0 Å². The van der Waals surface area contributed by atoms with E-state index < -0.39 is 0 Å². The fraction of sp³-hybridized carbons (Fsp3) is 0.391. The third-order valence-electron chi connectivity index (χ3n) is 5.05. The standard InChI is InChI=1S/C23H28N2O2/c1-18-8-10-19(11-9-18)6-2-3-7-22(26)24-21-14-12-20(13-15-21)23(27)25-16-4-5-17-25/h8-15H,2-7,16-17H2,1H3,(H,24,26). The molecule has 2 aromatic carbocycles. The molecule has 142 valence electrons. The van der Waals surface area contributed by atoms with Crippen LogP contribution in [0.2, 0.25) is 0 Å². The number of benzene rings is 2. The number of amides is 2. The summed E-state index contributed by atoms with van der Waals surface area (Å²) < 4.78 is 0. The number of carbonyl (C=O) groups is 2. The zero-order valence-corrected chi connectivity index (χ0v) is 16.0. The highest BCUT2D eigenvalue weighted by molar-refractivity contribution is 5.96. The third kappa shape index (κ3) is 5.68. The predicted molar refractivity (Wildman–Crippen MR) is 109 cm³/mol. The number of hydrogen-bond acceptors (Lipinski definition) is 2. The molecule has 0 aliphatic carbocycles. The smallest absolute Gasteiger partial charge is 0.253 e. The fourth-order valence-electron chi connectivity index (χ4n) is 3.39.